The van der Waals surface area contributed by atoms with Crippen molar-refractivity contribution in [3.8, 4) is 5.75 Å². The molecule has 0 fully saturated rings. The number of rotatable bonds is 8. The van der Waals surface area contributed by atoms with Crippen LogP contribution in [0.2, 0.25) is 0 Å². The Hall–Kier alpha value is -1.18. The third-order valence-corrected chi connectivity index (χ3v) is 2.87. The first-order valence-electron chi connectivity index (χ1n) is 7.19. The van der Waals surface area contributed by atoms with Crippen LogP contribution >= 0.6 is 0 Å². The summed E-state index contributed by atoms with van der Waals surface area (Å²) >= 11 is 0. The molecule has 1 rings (SSSR count). The summed E-state index contributed by atoms with van der Waals surface area (Å²) in [5, 5.41) is 3.61. The van der Waals surface area contributed by atoms with Gasteiger partial charge < -0.3 is 10.1 Å². The molecule has 1 aromatic rings. The third kappa shape index (κ3) is 5.44. The normalized spacial score (nSPS) is 11.0. The van der Waals surface area contributed by atoms with Crippen LogP contribution in [-0.4, -0.2) is 12.1 Å². The molecule has 0 spiro atoms. The fourth-order valence-electron chi connectivity index (χ4n) is 2.12. The lowest BCUT2D eigenvalue weighted by atomic mass is 10.1. The van der Waals surface area contributed by atoms with E-state index in [1.54, 1.807) is 0 Å². The molecule has 0 heterocycles. The van der Waals surface area contributed by atoms with Crippen LogP contribution in [-0.2, 0) is 0 Å². The van der Waals surface area contributed by atoms with Gasteiger partial charge in [0.25, 0.3) is 0 Å². The molecule has 0 saturated heterocycles. The second-order valence-corrected chi connectivity index (χ2v) is 5.11. The minimum Gasteiger partial charge on any atom is -0.491 e. The first-order valence-corrected chi connectivity index (χ1v) is 7.19. The minimum absolute atomic E-state index is 0.233. The summed E-state index contributed by atoms with van der Waals surface area (Å²) in [6.45, 7) is 8.57. The fraction of sp³-hybridized carbons (Fsp3) is 0.625. The maximum Gasteiger partial charge on any atom is 0.119 e. The maximum atomic E-state index is 5.64. The Balaban J connectivity index is 2.55. The number of nitrogens with one attached hydrogen (secondary N) is 1. The topological polar surface area (TPSA) is 21.3 Å². The van der Waals surface area contributed by atoms with Gasteiger partial charge in [0, 0.05) is 11.7 Å². The van der Waals surface area contributed by atoms with Gasteiger partial charge in [-0.2, -0.15) is 0 Å². The molecule has 0 aliphatic carbocycles. The van der Waals surface area contributed by atoms with Gasteiger partial charge in [-0.3, -0.25) is 0 Å². The molecule has 0 atom stereocenters. The highest BCUT2D eigenvalue weighted by Gasteiger charge is 2.06. The van der Waals surface area contributed by atoms with Crippen molar-refractivity contribution in [1.29, 1.82) is 0 Å². The van der Waals surface area contributed by atoms with Crippen molar-refractivity contribution in [1.82, 2.24) is 0 Å². The Morgan fingerprint density at radius 3 is 2.00 bits per heavy atom. The highest BCUT2D eigenvalue weighted by atomic mass is 16.5. The molecule has 0 aromatic heterocycles. The summed E-state index contributed by atoms with van der Waals surface area (Å²) in [5.41, 5.74) is 1.19. The van der Waals surface area contributed by atoms with Crippen molar-refractivity contribution >= 4 is 5.69 Å². The second kappa shape index (κ2) is 8.02. The first kappa shape index (κ1) is 14.9. The van der Waals surface area contributed by atoms with Crippen molar-refractivity contribution in [3.05, 3.63) is 24.3 Å². The summed E-state index contributed by atoms with van der Waals surface area (Å²) in [4.78, 5) is 0. The van der Waals surface area contributed by atoms with E-state index in [0.29, 0.717) is 6.04 Å². The van der Waals surface area contributed by atoms with Crippen molar-refractivity contribution in [2.45, 2.75) is 65.5 Å². The summed E-state index contributed by atoms with van der Waals surface area (Å²) in [5.74, 6) is 0.943. The van der Waals surface area contributed by atoms with Gasteiger partial charge in [-0.25, -0.2) is 0 Å². The van der Waals surface area contributed by atoms with Crippen LogP contribution in [0.1, 0.15) is 53.4 Å². The van der Waals surface area contributed by atoms with Crippen molar-refractivity contribution in [2.24, 2.45) is 0 Å². The predicted octanol–water partition coefficient (Wildman–Crippen LogP) is 4.85. The van der Waals surface area contributed by atoms with Gasteiger partial charge in [-0.05, 0) is 51.0 Å². The molecular weight excluding hydrogens is 222 g/mol. The van der Waals surface area contributed by atoms with Crippen molar-refractivity contribution < 1.29 is 4.74 Å². The average Bonchev–Trinajstić information content (AvgIpc) is 2.31. The van der Waals surface area contributed by atoms with Gasteiger partial charge in [-0.15, -0.1) is 0 Å². The van der Waals surface area contributed by atoms with Crippen LogP contribution in [0.5, 0.6) is 5.75 Å². The van der Waals surface area contributed by atoms with Gasteiger partial charge in [0.05, 0.1) is 6.10 Å². The lowest BCUT2D eigenvalue weighted by molar-refractivity contribution is 0.242. The van der Waals surface area contributed by atoms with Crippen LogP contribution < -0.4 is 10.1 Å². The molecule has 0 unspecified atom stereocenters. The van der Waals surface area contributed by atoms with E-state index in [1.807, 2.05) is 26.0 Å². The Morgan fingerprint density at radius 2 is 1.56 bits per heavy atom. The van der Waals surface area contributed by atoms with Crippen LogP contribution in [0.25, 0.3) is 0 Å². The van der Waals surface area contributed by atoms with Gasteiger partial charge >= 0.3 is 0 Å². The highest BCUT2D eigenvalue weighted by Crippen LogP contribution is 2.19. The molecule has 0 saturated carbocycles. The number of hydrogen-bond acceptors (Lipinski definition) is 2. The molecule has 0 bridgehead atoms. The standard InChI is InChI=1S/C16H27NO/c1-5-7-14(8-6-2)17-15-9-11-16(12-10-15)18-13(3)4/h9-14,17H,5-8H2,1-4H3. The number of benzene rings is 1. The van der Waals surface area contributed by atoms with E-state index in [9.17, 15) is 0 Å². The molecule has 18 heavy (non-hydrogen) atoms. The summed E-state index contributed by atoms with van der Waals surface area (Å²) in [7, 11) is 0. The number of anilines is 1. The number of hydrogen-bond donors (Lipinski definition) is 1. The quantitative estimate of drug-likeness (QED) is 0.710. The highest BCUT2D eigenvalue weighted by molar-refractivity contribution is 5.47. The molecule has 0 radical (unpaired) electrons. The average molecular weight is 249 g/mol. The summed E-state index contributed by atoms with van der Waals surface area (Å²) in [6, 6.07) is 8.89. The van der Waals surface area contributed by atoms with Crippen LogP contribution in [0, 0.1) is 0 Å². The molecule has 1 N–H and O–H groups in total. The molecule has 1 aromatic carbocycles. The molecule has 102 valence electrons. The zero-order valence-electron chi connectivity index (χ0n) is 12.2. The SMILES string of the molecule is CCCC(CCC)Nc1ccc(OC(C)C)cc1. The molecule has 0 amide bonds. The van der Waals surface area contributed by atoms with Gasteiger partial charge in [0.2, 0.25) is 0 Å². The van der Waals surface area contributed by atoms with E-state index in [1.165, 1.54) is 31.4 Å². The largest absolute Gasteiger partial charge is 0.491 e. The van der Waals surface area contributed by atoms with Gasteiger partial charge in [-0.1, -0.05) is 26.7 Å². The molecule has 0 aliphatic heterocycles. The lowest BCUT2D eigenvalue weighted by Gasteiger charge is -2.19. The maximum absolute atomic E-state index is 5.64. The summed E-state index contributed by atoms with van der Waals surface area (Å²) < 4.78 is 5.64. The Kier molecular flexibility index (Phi) is 6.63. The minimum atomic E-state index is 0.233. The number of ether oxygens (including phenoxy) is 1. The fourth-order valence-corrected chi connectivity index (χ4v) is 2.12. The third-order valence-electron chi connectivity index (χ3n) is 2.87. The van der Waals surface area contributed by atoms with E-state index in [-0.39, 0.29) is 6.10 Å². The zero-order valence-corrected chi connectivity index (χ0v) is 12.2. The van der Waals surface area contributed by atoms with Gasteiger partial charge in [0.1, 0.15) is 5.75 Å². The van der Waals surface area contributed by atoms with Crippen molar-refractivity contribution in [2.75, 3.05) is 5.32 Å². The van der Waals surface area contributed by atoms with E-state index < -0.39 is 0 Å². The van der Waals surface area contributed by atoms with Crippen LogP contribution in [0.4, 0.5) is 5.69 Å². The predicted molar refractivity (Wildman–Crippen MR) is 79.4 cm³/mol. The lowest BCUT2D eigenvalue weighted by Crippen LogP contribution is -2.18. The molecule has 0 aliphatic rings. The van der Waals surface area contributed by atoms with Crippen LogP contribution in [0.3, 0.4) is 0 Å². The Labute approximate surface area is 112 Å². The monoisotopic (exact) mass is 249 g/mol. The van der Waals surface area contributed by atoms with Crippen molar-refractivity contribution in [3.63, 3.8) is 0 Å². The molecular formula is C16H27NO. The van der Waals surface area contributed by atoms with E-state index >= 15 is 0 Å². The zero-order chi connectivity index (χ0) is 13.4. The summed E-state index contributed by atoms with van der Waals surface area (Å²) in [6.07, 6.45) is 5.16. The van der Waals surface area contributed by atoms with E-state index in [0.717, 1.165) is 5.75 Å². The second-order valence-electron chi connectivity index (χ2n) is 5.11. The van der Waals surface area contributed by atoms with E-state index in [2.05, 4.69) is 31.3 Å². The van der Waals surface area contributed by atoms with Crippen LogP contribution in [0.15, 0.2) is 24.3 Å². The smallest absolute Gasteiger partial charge is 0.119 e. The Morgan fingerprint density at radius 1 is 1.00 bits per heavy atom. The van der Waals surface area contributed by atoms with Gasteiger partial charge in [0.15, 0.2) is 0 Å². The molecule has 2 heteroatoms. The molecule has 2 nitrogen and oxygen atoms in total. The first-order chi connectivity index (χ1) is 8.65. The van der Waals surface area contributed by atoms with E-state index in [4.69, 9.17) is 4.74 Å². The Bertz CT molecular complexity index is 312.